The Balaban J connectivity index is -0.0000000800. The van der Waals surface area contributed by atoms with Crippen molar-refractivity contribution in [1.82, 2.24) is 6.15 Å². The maximum absolute atomic E-state index is 8.74. The number of rotatable bonds is 0. The van der Waals surface area contributed by atoms with Gasteiger partial charge in [0.25, 0.3) is 0 Å². The van der Waals surface area contributed by atoms with Crippen molar-refractivity contribution >= 4 is 61.8 Å². The normalized spacial score (nSPS) is 8.29. The first-order valence-electron chi connectivity index (χ1n) is 0.698. The molecule has 0 amide bonds. The van der Waals surface area contributed by atoms with Gasteiger partial charge in [0.05, 0.1) is 0 Å². The van der Waals surface area contributed by atoms with Crippen LogP contribution in [0.25, 0.3) is 0 Å². The minimum Gasteiger partial charge on any atom is -0.344 e. The molecule has 0 rings (SSSR count). The van der Waals surface area contributed by atoms with Crippen molar-refractivity contribution in [3.05, 3.63) is 0 Å². The van der Waals surface area contributed by atoms with Crippen LogP contribution in [-0.2, 0) is 10.4 Å². The van der Waals surface area contributed by atoms with Gasteiger partial charge in [-0.15, -0.1) is 0 Å². The Kier molecular flexibility index (Phi) is 12.6. The van der Waals surface area contributed by atoms with E-state index in [1.165, 1.54) is 0 Å². The van der Waals surface area contributed by atoms with Crippen LogP contribution in [0.1, 0.15) is 0 Å². The summed E-state index contributed by atoms with van der Waals surface area (Å²) >= 11 is 0. The van der Waals surface area contributed by atoms with Gasteiger partial charge < -0.3 is 6.15 Å². The molecular weight excluding hydrogens is 149 g/mol. The summed E-state index contributed by atoms with van der Waals surface area (Å²) in [6, 6.07) is 0. The molecule has 0 saturated heterocycles. The van der Waals surface area contributed by atoms with Crippen LogP contribution >= 0.6 is 0 Å². The van der Waals surface area contributed by atoms with Crippen LogP contribution in [0.5, 0.6) is 0 Å². The van der Waals surface area contributed by atoms with Crippen molar-refractivity contribution in [3.63, 3.8) is 0 Å². The fourth-order valence-electron chi connectivity index (χ4n) is 0. The third-order valence-electron chi connectivity index (χ3n) is 0. The summed E-state index contributed by atoms with van der Waals surface area (Å²) < 4.78 is 31.6. The molecule has 0 aromatic heterocycles. The molecular formula is H5KNO4S. The molecule has 0 unspecified atom stereocenters. The molecule has 0 aromatic rings. The predicted molar refractivity (Wildman–Crippen MR) is 25.0 cm³/mol. The van der Waals surface area contributed by atoms with E-state index in [4.69, 9.17) is 17.5 Å². The monoisotopic (exact) mass is 154 g/mol. The zero-order valence-electron chi connectivity index (χ0n) is 3.83. The summed E-state index contributed by atoms with van der Waals surface area (Å²) in [4.78, 5) is 0. The molecule has 0 aliphatic carbocycles. The van der Waals surface area contributed by atoms with Gasteiger partial charge >= 0.3 is 10.4 Å². The Morgan fingerprint density at radius 2 is 1.14 bits per heavy atom. The van der Waals surface area contributed by atoms with Gasteiger partial charge in [-0.2, -0.15) is 8.42 Å². The van der Waals surface area contributed by atoms with E-state index in [0.29, 0.717) is 0 Å². The molecule has 0 saturated carbocycles. The molecule has 0 bridgehead atoms. The van der Waals surface area contributed by atoms with Crippen LogP contribution < -0.4 is 6.15 Å². The quantitative estimate of drug-likeness (QED) is 0.310. The average Bonchev–Trinajstić information content (AvgIpc) is 0.722. The molecule has 5 N–H and O–H groups in total. The van der Waals surface area contributed by atoms with E-state index >= 15 is 0 Å². The number of hydrogen-bond donors (Lipinski definition) is 3. The SMILES string of the molecule is N.O=S(=O)(O)O.[K]. The smallest absolute Gasteiger partial charge is 0.344 e. The summed E-state index contributed by atoms with van der Waals surface area (Å²) in [5, 5.41) is 0. The Bertz CT molecular complexity index is 94.9. The van der Waals surface area contributed by atoms with E-state index in [9.17, 15) is 0 Å². The summed E-state index contributed by atoms with van der Waals surface area (Å²) in [5.74, 6) is 0. The second-order valence-corrected chi connectivity index (χ2v) is 1.34. The van der Waals surface area contributed by atoms with Crippen molar-refractivity contribution < 1.29 is 17.5 Å². The fourth-order valence-corrected chi connectivity index (χ4v) is 0. The molecule has 5 nitrogen and oxygen atoms in total. The van der Waals surface area contributed by atoms with E-state index in [-0.39, 0.29) is 57.5 Å². The Labute approximate surface area is 84.1 Å². The molecule has 0 fully saturated rings. The Hall–Kier alpha value is 1.47. The minimum absolute atomic E-state index is 0. The number of hydrogen-bond acceptors (Lipinski definition) is 3. The van der Waals surface area contributed by atoms with Gasteiger partial charge in [-0.3, -0.25) is 9.11 Å². The van der Waals surface area contributed by atoms with E-state index in [2.05, 4.69) is 0 Å². The van der Waals surface area contributed by atoms with Gasteiger partial charge in [-0.25, -0.2) is 0 Å². The van der Waals surface area contributed by atoms with Gasteiger partial charge in [-0.05, 0) is 0 Å². The molecule has 0 heterocycles. The van der Waals surface area contributed by atoms with Crippen LogP contribution in [0.2, 0.25) is 0 Å². The first-order valence-corrected chi connectivity index (χ1v) is 2.10. The van der Waals surface area contributed by atoms with Crippen molar-refractivity contribution in [1.29, 1.82) is 0 Å². The molecule has 0 aliphatic rings. The molecule has 0 atom stereocenters. The largest absolute Gasteiger partial charge is 0.394 e. The van der Waals surface area contributed by atoms with Crippen LogP contribution in [0.4, 0.5) is 0 Å². The third kappa shape index (κ3) is 104. The van der Waals surface area contributed by atoms with E-state index in [1.807, 2.05) is 0 Å². The standard InChI is InChI=1S/K.H3N.H2O4S/c;;1-5(2,3)4/h;1H3;(H2,1,2,3,4). The van der Waals surface area contributed by atoms with Gasteiger partial charge in [0.1, 0.15) is 0 Å². The zero-order chi connectivity index (χ0) is 4.50. The van der Waals surface area contributed by atoms with Crippen molar-refractivity contribution in [2.45, 2.75) is 0 Å². The van der Waals surface area contributed by atoms with E-state index in [0.717, 1.165) is 0 Å². The first-order chi connectivity index (χ1) is 2.00. The van der Waals surface area contributed by atoms with Crippen LogP contribution in [0, 0.1) is 0 Å². The van der Waals surface area contributed by atoms with Crippen molar-refractivity contribution in [2.75, 3.05) is 0 Å². The molecule has 7 heavy (non-hydrogen) atoms. The second-order valence-electron chi connectivity index (χ2n) is 0.448. The van der Waals surface area contributed by atoms with E-state index in [1.54, 1.807) is 0 Å². The fraction of sp³-hybridized carbons (Fsp3) is 0. The van der Waals surface area contributed by atoms with Crippen LogP contribution in [-0.4, -0.2) is 68.9 Å². The molecule has 1 radical (unpaired) electrons. The summed E-state index contributed by atoms with van der Waals surface area (Å²) in [5.41, 5.74) is 0. The Morgan fingerprint density at radius 1 is 1.14 bits per heavy atom. The topological polar surface area (TPSA) is 110 Å². The molecule has 0 aromatic carbocycles. The summed E-state index contributed by atoms with van der Waals surface area (Å²) in [7, 11) is -4.67. The average molecular weight is 154 g/mol. The maximum atomic E-state index is 8.74. The van der Waals surface area contributed by atoms with Gasteiger partial charge in [0.2, 0.25) is 0 Å². The van der Waals surface area contributed by atoms with Crippen molar-refractivity contribution in [3.8, 4) is 0 Å². The van der Waals surface area contributed by atoms with E-state index < -0.39 is 10.4 Å². The molecule has 0 aliphatic heterocycles. The van der Waals surface area contributed by atoms with Crippen LogP contribution in [0.3, 0.4) is 0 Å². The van der Waals surface area contributed by atoms with Gasteiger partial charge in [-0.1, -0.05) is 0 Å². The summed E-state index contributed by atoms with van der Waals surface area (Å²) in [6.45, 7) is 0. The minimum atomic E-state index is -4.67. The Morgan fingerprint density at radius 3 is 1.14 bits per heavy atom. The van der Waals surface area contributed by atoms with Crippen LogP contribution in [0.15, 0.2) is 0 Å². The van der Waals surface area contributed by atoms with Gasteiger partial charge in [0, 0.05) is 51.4 Å². The summed E-state index contributed by atoms with van der Waals surface area (Å²) in [6.07, 6.45) is 0. The maximum Gasteiger partial charge on any atom is 0.394 e. The third-order valence-corrected chi connectivity index (χ3v) is 0. The first kappa shape index (κ1) is 15.8. The molecule has 41 valence electrons. The molecule has 0 spiro atoms. The second kappa shape index (κ2) is 5.60. The molecule has 7 heteroatoms. The van der Waals surface area contributed by atoms with Crippen molar-refractivity contribution in [2.24, 2.45) is 0 Å². The predicted octanol–water partition coefficient (Wildman–Crippen LogP) is -0.872. The van der Waals surface area contributed by atoms with Gasteiger partial charge in [0.15, 0.2) is 0 Å². The zero-order valence-corrected chi connectivity index (χ0v) is 7.77.